The zero-order valence-electron chi connectivity index (χ0n) is 9.43. The van der Waals surface area contributed by atoms with E-state index in [9.17, 15) is 0 Å². The normalized spacial score (nSPS) is 21.0. The lowest BCUT2D eigenvalue weighted by atomic mass is 9.88. The van der Waals surface area contributed by atoms with Crippen molar-refractivity contribution in [3.05, 3.63) is 24.0 Å². The van der Waals surface area contributed by atoms with Crippen molar-refractivity contribution in [2.45, 2.75) is 31.2 Å². The van der Waals surface area contributed by atoms with Crippen LogP contribution in [0.4, 0.5) is 0 Å². The van der Waals surface area contributed by atoms with Crippen molar-refractivity contribution >= 4 is 0 Å². The summed E-state index contributed by atoms with van der Waals surface area (Å²) < 4.78 is 5.57. The molecule has 0 aromatic carbocycles. The van der Waals surface area contributed by atoms with E-state index in [4.69, 9.17) is 16.2 Å². The fourth-order valence-corrected chi connectivity index (χ4v) is 2.21. The summed E-state index contributed by atoms with van der Waals surface area (Å²) >= 11 is 0. The molecular weight excluding hydrogens is 202 g/mol. The smallest absolute Gasteiger partial charge is 0.141 e. The van der Waals surface area contributed by atoms with E-state index < -0.39 is 0 Å². The lowest BCUT2D eigenvalue weighted by Crippen LogP contribution is -2.33. The Morgan fingerprint density at radius 3 is 3.25 bits per heavy atom. The molecule has 0 aliphatic carbocycles. The molecule has 88 valence electrons. The molecule has 1 unspecified atom stereocenters. The molecule has 4 heteroatoms. The molecular formula is C12H19N3O. The first-order chi connectivity index (χ1) is 7.83. The second-order valence-corrected chi connectivity index (χ2v) is 4.23. The minimum Gasteiger partial charge on any atom is -0.492 e. The zero-order chi connectivity index (χ0) is 11.4. The van der Waals surface area contributed by atoms with Gasteiger partial charge in [-0.1, -0.05) is 0 Å². The summed E-state index contributed by atoms with van der Waals surface area (Å²) in [5.74, 6) is 1.21. The molecule has 2 heterocycles. The predicted octanol–water partition coefficient (Wildman–Crippen LogP) is 1.01. The average Bonchev–Trinajstić information content (AvgIpc) is 2.35. The number of aromatic nitrogens is 1. The number of nitrogens with zero attached hydrogens (tertiary/aromatic N) is 1. The predicted molar refractivity (Wildman–Crippen MR) is 63.4 cm³/mol. The first kappa shape index (κ1) is 11.4. The zero-order valence-corrected chi connectivity index (χ0v) is 9.43. The number of fused-ring (bicyclic) bond motifs is 1. The first-order valence-electron chi connectivity index (χ1n) is 5.86. The number of hydrogen-bond acceptors (Lipinski definition) is 4. The number of nitrogens with two attached hydrogens (primary N) is 2. The van der Waals surface area contributed by atoms with Crippen LogP contribution >= 0.6 is 0 Å². The monoisotopic (exact) mass is 221 g/mol. The molecule has 0 spiro atoms. The topological polar surface area (TPSA) is 74.2 Å². The molecule has 1 aromatic heterocycles. The van der Waals surface area contributed by atoms with Crippen LogP contribution < -0.4 is 16.2 Å². The van der Waals surface area contributed by atoms with Gasteiger partial charge in [0.2, 0.25) is 0 Å². The summed E-state index contributed by atoms with van der Waals surface area (Å²) in [6, 6.07) is 4.00. The Hall–Kier alpha value is -1.13. The molecule has 0 bridgehead atoms. The number of hydrogen-bond donors (Lipinski definition) is 2. The molecule has 0 saturated carbocycles. The van der Waals surface area contributed by atoms with Gasteiger partial charge in [-0.25, -0.2) is 0 Å². The molecule has 2 atom stereocenters. The van der Waals surface area contributed by atoms with E-state index in [1.807, 2.05) is 12.1 Å². The second-order valence-electron chi connectivity index (χ2n) is 4.23. The molecule has 0 radical (unpaired) electrons. The van der Waals surface area contributed by atoms with E-state index in [2.05, 4.69) is 4.98 Å². The van der Waals surface area contributed by atoms with Gasteiger partial charge in [0, 0.05) is 18.2 Å². The summed E-state index contributed by atoms with van der Waals surface area (Å²) in [6.45, 7) is 1.44. The molecule has 0 saturated heterocycles. The van der Waals surface area contributed by atoms with Crippen molar-refractivity contribution in [2.24, 2.45) is 11.5 Å². The maximum atomic E-state index is 6.20. The van der Waals surface area contributed by atoms with Gasteiger partial charge in [0.25, 0.3) is 0 Å². The molecule has 4 nitrogen and oxygen atoms in total. The minimum atomic E-state index is 0.140. The van der Waals surface area contributed by atoms with E-state index in [0.717, 1.165) is 37.3 Å². The third-order valence-electron chi connectivity index (χ3n) is 3.10. The van der Waals surface area contributed by atoms with Gasteiger partial charge in [0.15, 0.2) is 0 Å². The fraction of sp³-hybridized carbons (Fsp3) is 0.583. The highest BCUT2D eigenvalue weighted by Gasteiger charge is 2.27. The van der Waals surface area contributed by atoms with E-state index in [1.54, 1.807) is 6.20 Å². The lowest BCUT2D eigenvalue weighted by Gasteiger charge is -2.29. The molecule has 1 aromatic rings. The highest BCUT2D eigenvalue weighted by Crippen LogP contribution is 2.34. The standard InChI is InChI=1S/C12H19N3O/c13-6-1-3-10(14)9-5-8-16-11-4-2-7-15-12(9)11/h2,4,7,9-10H,1,3,5-6,8,13-14H2/t9?,10-/m0/s1. The number of ether oxygens (including phenoxy) is 1. The van der Waals surface area contributed by atoms with Crippen LogP contribution in [0.25, 0.3) is 0 Å². The van der Waals surface area contributed by atoms with Crippen LogP contribution in [0, 0.1) is 0 Å². The molecule has 1 aliphatic heterocycles. The minimum absolute atomic E-state index is 0.140. The quantitative estimate of drug-likeness (QED) is 0.796. The van der Waals surface area contributed by atoms with Crippen molar-refractivity contribution in [1.82, 2.24) is 4.98 Å². The molecule has 2 rings (SSSR count). The molecule has 1 aliphatic rings. The van der Waals surface area contributed by atoms with Gasteiger partial charge in [0.05, 0.1) is 12.3 Å². The fourth-order valence-electron chi connectivity index (χ4n) is 2.21. The molecule has 4 N–H and O–H groups in total. The maximum absolute atomic E-state index is 6.20. The highest BCUT2D eigenvalue weighted by atomic mass is 16.5. The van der Waals surface area contributed by atoms with Crippen molar-refractivity contribution in [2.75, 3.05) is 13.2 Å². The van der Waals surface area contributed by atoms with Gasteiger partial charge in [-0.3, -0.25) is 4.98 Å². The summed E-state index contributed by atoms with van der Waals surface area (Å²) in [4.78, 5) is 4.39. The number of pyridine rings is 1. The van der Waals surface area contributed by atoms with Gasteiger partial charge in [0.1, 0.15) is 5.75 Å². The van der Waals surface area contributed by atoms with Crippen LogP contribution in [0.5, 0.6) is 5.75 Å². The summed E-state index contributed by atoms with van der Waals surface area (Å²) in [5, 5.41) is 0. The Kier molecular flexibility index (Phi) is 3.74. The van der Waals surface area contributed by atoms with E-state index in [1.165, 1.54) is 0 Å². The van der Waals surface area contributed by atoms with Gasteiger partial charge in [-0.15, -0.1) is 0 Å². The van der Waals surface area contributed by atoms with Gasteiger partial charge in [-0.2, -0.15) is 0 Å². The summed E-state index contributed by atoms with van der Waals surface area (Å²) in [7, 11) is 0. The van der Waals surface area contributed by atoms with Crippen LogP contribution in [0.1, 0.15) is 30.9 Å². The van der Waals surface area contributed by atoms with E-state index >= 15 is 0 Å². The SMILES string of the molecule is NCCC[C@H](N)C1CCOc2cccnc21. The third kappa shape index (κ3) is 2.33. The Morgan fingerprint density at radius 1 is 1.56 bits per heavy atom. The Bertz CT molecular complexity index is 343. The Labute approximate surface area is 96.0 Å². The van der Waals surface area contributed by atoms with Crippen LogP contribution in [-0.4, -0.2) is 24.2 Å². The summed E-state index contributed by atoms with van der Waals surface area (Å²) in [6.07, 6.45) is 4.68. The van der Waals surface area contributed by atoms with Crippen molar-refractivity contribution in [1.29, 1.82) is 0 Å². The van der Waals surface area contributed by atoms with Crippen LogP contribution in [0.2, 0.25) is 0 Å². The number of rotatable bonds is 4. The van der Waals surface area contributed by atoms with Crippen LogP contribution in [0.3, 0.4) is 0 Å². The largest absolute Gasteiger partial charge is 0.492 e. The van der Waals surface area contributed by atoms with Gasteiger partial charge in [-0.05, 0) is 37.9 Å². The van der Waals surface area contributed by atoms with Gasteiger partial charge >= 0.3 is 0 Å². The van der Waals surface area contributed by atoms with Crippen LogP contribution in [-0.2, 0) is 0 Å². The third-order valence-corrected chi connectivity index (χ3v) is 3.10. The van der Waals surface area contributed by atoms with E-state index in [-0.39, 0.29) is 6.04 Å². The summed E-state index contributed by atoms with van der Waals surface area (Å²) in [5.41, 5.74) is 12.7. The van der Waals surface area contributed by atoms with Crippen molar-refractivity contribution in [3.63, 3.8) is 0 Å². The highest BCUT2D eigenvalue weighted by molar-refractivity contribution is 5.32. The second kappa shape index (κ2) is 5.27. The Balaban J connectivity index is 2.12. The van der Waals surface area contributed by atoms with E-state index in [0.29, 0.717) is 12.5 Å². The average molecular weight is 221 g/mol. The van der Waals surface area contributed by atoms with Crippen molar-refractivity contribution < 1.29 is 4.74 Å². The van der Waals surface area contributed by atoms with Crippen LogP contribution in [0.15, 0.2) is 18.3 Å². The first-order valence-corrected chi connectivity index (χ1v) is 5.86. The molecule has 0 fully saturated rings. The Morgan fingerprint density at radius 2 is 2.44 bits per heavy atom. The maximum Gasteiger partial charge on any atom is 0.141 e. The molecule has 16 heavy (non-hydrogen) atoms. The lowest BCUT2D eigenvalue weighted by molar-refractivity contribution is 0.247. The molecule has 0 amide bonds. The van der Waals surface area contributed by atoms with Gasteiger partial charge < -0.3 is 16.2 Å². The van der Waals surface area contributed by atoms with Crippen molar-refractivity contribution in [3.8, 4) is 5.75 Å².